The second-order valence-corrected chi connectivity index (χ2v) is 11.4. The van der Waals surface area contributed by atoms with Crippen molar-refractivity contribution in [1.82, 2.24) is 14.5 Å². The van der Waals surface area contributed by atoms with E-state index in [1.165, 1.54) is 37.8 Å². The van der Waals surface area contributed by atoms with E-state index in [1.54, 1.807) is 0 Å². The van der Waals surface area contributed by atoms with Crippen LogP contribution in [0.3, 0.4) is 0 Å². The minimum absolute atomic E-state index is 0.705. The van der Waals surface area contributed by atoms with Gasteiger partial charge < -0.3 is 4.57 Å². The van der Waals surface area contributed by atoms with Gasteiger partial charge in [-0.3, -0.25) is 0 Å². The van der Waals surface area contributed by atoms with E-state index in [4.69, 9.17) is 9.97 Å². The van der Waals surface area contributed by atoms with E-state index in [-0.39, 0.29) is 0 Å². The third-order valence-corrected chi connectivity index (χ3v) is 8.77. The van der Waals surface area contributed by atoms with Gasteiger partial charge in [-0.1, -0.05) is 140 Å². The number of aromatic nitrogens is 3. The number of nitrogens with zero attached hydrogens (tertiary/aromatic N) is 3. The van der Waals surface area contributed by atoms with Crippen LogP contribution in [-0.4, -0.2) is 14.5 Å². The molecule has 3 heteroatoms. The van der Waals surface area contributed by atoms with Crippen LogP contribution >= 0.6 is 0 Å². The fourth-order valence-corrected chi connectivity index (χ4v) is 6.75. The lowest BCUT2D eigenvalue weighted by Gasteiger charge is -2.12. The molecule has 210 valence electrons. The van der Waals surface area contributed by atoms with Crippen LogP contribution in [0.4, 0.5) is 0 Å². The summed E-state index contributed by atoms with van der Waals surface area (Å²) in [6, 6.07) is 57.7. The predicted octanol–water partition coefficient (Wildman–Crippen LogP) is 10.9. The molecule has 3 nitrogen and oxygen atoms in total. The van der Waals surface area contributed by atoms with Crippen molar-refractivity contribution in [3.8, 4) is 39.6 Å². The Labute approximate surface area is 260 Å². The van der Waals surface area contributed by atoms with Gasteiger partial charge >= 0.3 is 0 Å². The molecule has 0 N–H and O–H groups in total. The highest BCUT2D eigenvalue weighted by molar-refractivity contribution is 6.32. The lowest BCUT2D eigenvalue weighted by Crippen LogP contribution is -1.97. The maximum absolute atomic E-state index is 5.14. The molecule has 0 spiro atoms. The van der Waals surface area contributed by atoms with Crippen LogP contribution in [0.1, 0.15) is 0 Å². The number of benzene rings is 7. The second-order valence-electron chi connectivity index (χ2n) is 11.4. The first-order chi connectivity index (χ1) is 22.3. The van der Waals surface area contributed by atoms with E-state index in [0.29, 0.717) is 5.82 Å². The van der Waals surface area contributed by atoms with E-state index >= 15 is 0 Å². The van der Waals surface area contributed by atoms with Crippen LogP contribution in [0.5, 0.6) is 0 Å². The molecule has 7 aromatic carbocycles. The van der Waals surface area contributed by atoms with Crippen molar-refractivity contribution in [3.05, 3.63) is 164 Å². The number of rotatable bonds is 4. The zero-order valence-electron chi connectivity index (χ0n) is 24.4. The predicted molar refractivity (Wildman–Crippen MR) is 188 cm³/mol. The van der Waals surface area contributed by atoms with Crippen molar-refractivity contribution in [2.24, 2.45) is 0 Å². The molecule has 2 aromatic heterocycles. The van der Waals surface area contributed by atoms with Gasteiger partial charge in [-0.25, -0.2) is 9.97 Å². The van der Waals surface area contributed by atoms with Gasteiger partial charge in [0, 0.05) is 38.5 Å². The Kier molecular flexibility index (Phi) is 5.82. The molecular weight excluding hydrogens is 546 g/mol. The van der Waals surface area contributed by atoms with Gasteiger partial charge in [0.05, 0.1) is 22.4 Å². The Bertz CT molecular complexity index is 2460. The van der Waals surface area contributed by atoms with Gasteiger partial charge in [0.25, 0.3) is 0 Å². The molecule has 0 aliphatic rings. The van der Waals surface area contributed by atoms with E-state index in [0.717, 1.165) is 39.3 Å². The number of hydrogen-bond acceptors (Lipinski definition) is 2. The molecule has 0 unspecified atom stereocenters. The minimum atomic E-state index is 0.705. The van der Waals surface area contributed by atoms with Crippen molar-refractivity contribution >= 4 is 43.4 Å². The third-order valence-electron chi connectivity index (χ3n) is 8.77. The highest BCUT2D eigenvalue weighted by Crippen LogP contribution is 2.43. The van der Waals surface area contributed by atoms with Crippen molar-refractivity contribution in [1.29, 1.82) is 0 Å². The molecule has 0 saturated heterocycles. The molecule has 0 aliphatic carbocycles. The highest BCUT2D eigenvalue weighted by Gasteiger charge is 2.20. The first-order valence-electron chi connectivity index (χ1n) is 15.3. The lowest BCUT2D eigenvalue weighted by atomic mass is 9.96. The summed E-state index contributed by atoms with van der Waals surface area (Å²) >= 11 is 0. The van der Waals surface area contributed by atoms with E-state index in [2.05, 4.69) is 156 Å². The average molecular weight is 574 g/mol. The normalized spacial score (nSPS) is 11.6. The summed E-state index contributed by atoms with van der Waals surface area (Å²) in [5.74, 6) is 0.705. The van der Waals surface area contributed by atoms with Crippen molar-refractivity contribution in [2.75, 3.05) is 0 Å². The molecule has 9 aromatic rings. The topological polar surface area (TPSA) is 30.7 Å². The number of hydrogen-bond donors (Lipinski definition) is 0. The summed E-state index contributed by atoms with van der Waals surface area (Å²) in [5, 5.41) is 7.49. The van der Waals surface area contributed by atoms with Crippen molar-refractivity contribution in [3.63, 3.8) is 0 Å². The zero-order valence-corrected chi connectivity index (χ0v) is 24.4. The Morgan fingerprint density at radius 1 is 0.378 bits per heavy atom. The van der Waals surface area contributed by atoms with Crippen LogP contribution in [-0.2, 0) is 0 Å². The van der Waals surface area contributed by atoms with Crippen LogP contribution < -0.4 is 0 Å². The molecule has 0 bridgehead atoms. The molecule has 0 atom stereocenters. The Morgan fingerprint density at radius 2 is 0.889 bits per heavy atom. The summed E-state index contributed by atoms with van der Waals surface area (Å²) < 4.78 is 2.42. The molecule has 0 saturated carbocycles. The van der Waals surface area contributed by atoms with Gasteiger partial charge in [0.2, 0.25) is 0 Å². The summed E-state index contributed by atoms with van der Waals surface area (Å²) in [4.78, 5) is 10.3. The fourth-order valence-electron chi connectivity index (χ4n) is 6.75. The van der Waals surface area contributed by atoms with Crippen molar-refractivity contribution in [2.45, 2.75) is 0 Å². The van der Waals surface area contributed by atoms with Gasteiger partial charge in [-0.15, -0.1) is 0 Å². The molecule has 0 amide bonds. The summed E-state index contributed by atoms with van der Waals surface area (Å²) in [6.07, 6.45) is 0. The SMILES string of the molecule is c1ccc(-c2cc(-c3ccccc3)nc(-c3ccc4c5c6ccccc6c6ccccc6c5n(-c5ccccc5)c4c3)n2)cc1. The Morgan fingerprint density at radius 3 is 1.51 bits per heavy atom. The Balaban J connectivity index is 1.39. The second kappa shape index (κ2) is 10.3. The lowest BCUT2D eigenvalue weighted by molar-refractivity contribution is 1.17. The molecule has 0 fully saturated rings. The smallest absolute Gasteiger partial charge is 0.160 e. The molecule has 2 heterocycles. The average Bonchev–Trinajstić information content (AvgIpc) is 3.48. The van der Waals surface area contributed by atoms with Gasteiger partial charge in [0.15, 0.2) is 5.82 Å². The molecule has 0 radical (unpaired) electrons. The van der Waals surface area contributed by atoms with E-state index < -0.39 is 0 Å². The minimum Gasteiger partial charge on any atom is -0.309 e. The van der Waals surface area contributed by atoms with Crippen LogP contribution in [0.2, 0.25) is 0 Å². The fraction of sp³-hybridized carbons (Fsp3) is 0. The largest absolute Gasteiger partial charge is 0.309 e. The summed E-state index contributed by atoms with van der Waals surface area (Å²) in [6.45, 7) is 0. The molecule has 45 heavy (non-hydrogen) atoms. The highest BCUT2D eigenvalue weighted by atomic mass is 15.0. The molecule has 0 aliphatic heterocycles. The van der Waals surface area contributed by atoms with E-state index in [9.17, 15) is 0 Å². The quantitative estimate of drug-likeness (QED) is 0.196. The zero-order chi connectivity index (χ0) is 29.7. The van der Waals surface area contributed by atoms with Gasteiger partial charge in [-0.2, -0.15) is 0 Å². The molecular formula is C42H27N3. The van der Waals surface area contributed by atoms with E-state index in [1.807, 2.05) is 12.1 Å². The Hall–Kier alpha value is -6.06. The van der Waals surface area contributed by atoms with Gasteiger partial charge in [-0.05, 0) is 40.4 Å². The number of para-hydroxylation sites is 1. The maximum Gasteiger partial charge on any atom is 0.160 e. The van der Waals surface area contributed by atoms with Gasteiger partial charge in [0.1, 0.15) is 0 Å². The maximum atomic E-state index is 5.14. The molecule has 9 rings (SSSR count). The first-order valence-corrected chi connectivity index (χ1v) is 15.3. The van der Waals surface area contributed by atoms with Crippen LogP contribution in [0.25, 0.3) is 82.9 Å². The van der Waals surface area contributed by atoms with Crippen LogP contribution in [0.15, 0.2) is 164 Å². The standard InChI is InChI=1S/C42H27N3/c1-4-14-28(15-5-1)37-27-38(29-16-6-2-7-17-29)44-42(43-37)30-24-25-36-39(26-30)45(31-18-8-3-9-19-31)41-35-23-13-11-21-33(35)32-20-10-12-22-34(32)40(36)41/h1-27H. The first kappa shape index (κ1) is 25.4. The summed E-state index contributed by atoms with van der Waals surface area (Å²) in [7, 11) is 0. The summed E-state index contributed by atoms with van der Waals surface area (Å²) in [5.41, 5.74) is 8.38. The monoisotopic (exact) mass is 573 g/mol. The third kappa shape index (κ3) is 4.13. The van der Waals surface area contributed by atoms with Crippen molar-refractivity contribution < 1.29 is 0 Å². The number of fused-ring (bicyclic) bond motifs is 8. The van der Waals surface area contributed by atoms with Crippen LogP contribution in [0, 0.1) is 0 Å².